The number of aryl methyl sites for hydroxylation is 1. The molecule has 2 aromatic rings. The average molecular weight is 357 g/mol. The van der Waals surface area contributed by atoms with Crippen LogP contribution in [-0.4, -0.2) is 39.3 Å². The van der Waals surface area contributed by atoms with Crippen molar-refractivity contribution in [3.8, 4) is 11.3 Å². The van der Waals surface area contributed by atoms with Crippen LogP contribution in [0.5, 0.6) is 0 Å². The molecule has 0 saturated carbocycles. The molecule has 2 aromatic heterocycles. The van der Waals surface area contributed by atoms with E-state index < -0.39 is 5.60 Å². The van der Waals surface area contributed by atoms with Gasteiger partial charge in [-0.25, -0.2) is 4.79 Å². The van der Waals surface area contributed by atoms with E-state index in [1.165, 1.54) is 0 Å². The second-order valence-corrected chi connectivity index (χ2v) is 7.78. The van der Waals surface area contributed by atoms with Gasteiger partial charge in [0.1, 0.15) is 5.60 Å². The van der Waals surface area contributed by atoms with E-state index >= 15 is 0 Å². The number of nitrogens with zero attached hydrogens (tertiary/aromatic N) is 3. The molecule has 3 heterocycles. The van der Waals surface area contributed by atoms with Gasteiger partial charge in [-0.1, -0.05) is 5.16 Å². The summed E-state index contributed by atoms with van der Waals surface area (Å²) in [5, 5.41) is 4.18. The largest absolute Gasteiger partial charge is 0.444 e. The van der Waals surface area contributed by atoms with Crippen molar-refractivity contribution in [1.29, 1.82) is 0 Å². The quantitative estimate of drug-likeness (QED) is 0.808. The Balaban J connectivity index is 1.60. The van der Waals surface area contributed by atoms with Crippen molar-refractivity contribution >= 4 is 6.09 Å². The Morgan fingerprint density at radius 3 is 2.81 bits per heavy atom. The van der Waals surface area contributed by atoms with Crippen LogP contribution in [-0.2, 0) is 11.2 Å². The number of ether oxygens (including phenoxy) is 1. The highest BCUT2D eigenvalue weighted by atomic mass is 16.6. The number of aromatic nitrogens is 2. The van der Waals surface area contributed by atoms with Gasteiger partial charge in [0.25, 0.3) is 0 Å². The highest BCUT2D eigenvalue weighted by Gasteiger charge is 2.30. The first-order valence-electron chi connectivity index (χ1n) is 9.28. The summed E-state index contributed by atoms with van der Waals surface area (Å²) < 4.78 is 11.0. The molecular formula is C20H27N3O3. The minimum atomic E-state index is -0.468. The van der Waals surface area contributed by atoms with Crippen LogP contribution in [0.3, 0.4) is 0 Å². The minimum absolute atomic E-state index is 0.194. The van der Waals surface area contributed by atoms with Crippen LogP contribution in [0, 0.1) is 0 Å². The molecule has 0 aliphatic carbocycles. The molecule has 0 N–H and O–H groups in total. The summed E-state index contributed by atoms with van der Waals surface area (Å²) in [7, 11) is 0. The second-order valence-electron chi connectivity index (χ2n) is 7.78. The van der Waals surface area contributed by atoms with E-state index in [1.807, 2.05) is 43.9 Å². The highest BCUT2D eigenvalue weighted by molar-refractivity contribution is 5.68. The molecule has 0 spiro atoms. The van der Waals surface area contributed by atoms with Gasteiger partial charge in [0, 0.05) is 36.6 Å². The van der Waals surface area contributed by atoms with Crippen molar-refractivity contribution in [3.63, 3.8) is 0 Å². The number of likely N-dealkylation sites (tertiary alicyclic amines) is 1. The van der Waals surface area contributed by atoms with Gasteiger partial charge in [-0.15, -0.1) is 0 Å². The maximum Gasteiger partial charge on any atom is 0.410 e. The molecule has 0 aromatic carbocycles. The van der Waals surface area contributed by atoms with Crippen molar-refractivity contribution in [3.05, 3.63) is 36.3 Å². The fourth-order valence-corrected chi connectivity index (χ4v) is 3.26. The summed E-state index contributed by atoms with van der Waals surface area (Å²) in [5.41, 5.74) is 1.41. The molecule has 1 atom stereocenters. The van der Waals surface area contributed by atoms with Crippen LogP contribution in [0.25, 0.3) is 11.3 Å². The van der Waals surface area contributed by atoms with Crippen LogP contribution >= 0.6 is 0 Å². The van der Waals surface area contributed by atoms with E-state index in [4.69, 9.17) is 9.26 Å². The molecule has 1 fully saturated rings. The highest BCUT2D eigenvalue weighted by Crippen LogP contribution is 2.25. The van der Waals surface area contributed by atoms with Crippen molar-refractivity contribution in [1.82, 2.24) is 15.0 Å². The van der Waals surface area contributed by atoms with E-state index in [-0.39, 0.29) is 12.1 Å². The predicted octanol–water partition coefficient (Wildman–Crippen LogP) is 4.46. The van der Waals surface area contributed by atoms with E-state index in [2.05, 4.69) is 10.1 Å². The maximum atomic E-state index is 12.5. The van der Waals surface area contributed by atoms with Crippen LogP contribution in [0.1, 0.15) is 52.1 Å². The van der Waals surface area contributed by atoms with Gasteiger partial charge in [-0.2, -0.15) is 0 Å². The lowest BCUT2D eigenvalue weighted by atomic mass is 9.97. The molecule has 140 valence electrons. The van der Waals surface area contributed by atoms with Crippen LogP contribution < -0.4 is 0 Å². The molecular weight excluding hydrogens is 330 g/mol. The summed E-state index contributed by atoms with van der Waals surface area (Å²) in [6, 6.07) is 5.96. The van der Waals surface area contributed by atoms with Crippen LogP contribution in [0.2, 0.25) is 0 Å². The van der Waals surface area contributed by atoms with Gasteiger partial charge >= 0.3 is 6.09 Å². The first kappa shape index (κ1) is 18.4. The smallest absolute Gasteiger partial charge is 0.410 e. The fraction of sp³-hybridized carbons (Fsp3) is 0.550. The van der Waals surface area contributed by atoms with E-state index in [0.29, 0.717) is 0 Å². The SMILES string of the molecule is CC(C)(C)OC(=O)N1CCCCC1CCc1cc(-c2ccncc2)on1. The molecule has 0 radical (unpaired) electrons. The zero-order valence-electron chi connectivity index (χ0n) is 15.8. The summed E-state index contributed by atoms with van der Waals surface area (Å²) in [6.07, 6.45) is 8.09. The summed E-state index contributed by atoms with van der Waals surface area (Å²) in [4.78, 5) is 18.4. The summed E-state index contributed by atoms with van der Waals surface area (Å²) in [6.45, 7) is 6.47. The molecule has 1 amide bonds. The number of rotatable bonds is 4. The van der Waals surface area contributed by atoms with E-state index in [1.54, 1.807) is 12.4 Å². The Bertz CT molecular complexity index is 721. The van der Waals surface area contributed by atoms with Crippen molar-refractivity contribution in [2.75, 3.05) is 6.54 Å². The zero-order chi connectivity index (χ0) is 18.6. The van der Waals surface area contributed by atoms with Gasteiger partial charge in [0.15, 0.2) is 5.76 Å². The Morgan fingerprint density at radius 1 is 1.31 bits per heavy atom. The molecule has 1 unspecified atom stereocenters. The molecule has 0 bridgehead atoms. The number of hydrogen-bond donors (Lipinski definition) is 0. The first-order valence-corrected chi connectivity index (χ1v) is 9.28. The van der Waals surface area contributed by atoms with Crippen LogP contribution in [0.4, 0.5) is 4.79 Å². The molecule has 1 saturated heterocycles. The number of carbonyl (C=O) groups excluding carboxylic acids is 1. The Kier molecular flexibility index (Phi) is 5.59. The maximum absolute atomic E-state index is 12.5. The molecule has 6 nitrogen and oxygen atoms in total. The normalized spacial score (nSPS) is 18.0. The summed E-state index contributed by atoms with van der Waals surface area (Å²) >= 11 is 0. The van der Waals surface area contributed by atoms with Gasteiger partial charge in [-0.3, -0.25) is 4.98 Å². The third-order valence-electron chi connectivity index (χ3n) is 4.51. The number of pyridine rings is 1. The lowest BCUT2D eigenvalue weighted by Crippen LogP contribution is -2.46. The lowest BCUT2D eigenvalue weighted by molar-refractivity contribution is 0.00887. The molecule has 26 heavy (non-hydrogen) atoms. The third kappa shape index (κ3) is 4.84. The topological polar surface area (TPSA) is 68.5 Å². The predicted molar refractivity (Wildman–Crippen MR) is 98.6 cm³/mol. The zero-order valence-corrected chi connectivity index (χ0v) is 15.8. The van der Waals surface area contributed by atoms with Crippen molar-refractivity contribution in [2.45, 2.75) is 64.5 Å². The number of hydrogen-bond acceptors (Lipinski definition) is 5. The minimum Gasteiger partial charge on any atom is -0.444 e. The van der Waals surface area contributed by atoms with Gasteiger partial charge < -0.3 is 14.2 Å². The molecule has 6 heteroatoms. The molecule has 1 aliphatic heterocycles. The summed E-state index contributed by atoms with van der Waals surface area (Å²) in [5.74, 6) is 0.745. The van der Waals surface area contributed by atoms with Crippen molar-refractivity contribution < 1.29 is 14.1 Å². The Labute approximate surface area is 154 Å². The average Bonchev–Trinajstić information content (AvgIpc) is 3.08. The number of piperidine rings is 1. The van der Waals surface area contributed by atoms with E-state index in [9.17, 15) is 4.79 Å². The second kappa shape index (κ2) is 7.89. The van der Waals surface area contributed by atoms with E-state index in [0.717, 1.165) is 55.7 Å². The third-order valence-corrected chi connectivity index (χ3v) is 4.51. The first-order chi connectivity index (χ1) is 12.4. The Hall–Kier alpha value is -2.37. The van der Waals surface area contributed by atoms with Gasteiger partial charge in [0.2, 0.25) is 0 Å². The standard InChI is InChI=1S/C20H27N3O3/c1-20(2,3)25-19(24)23-13-5-4-6-17(23)8-7-16-14-18(26-22-16)15-9-11-21-12-10-15/h9-12,14,17H,4-8,13H2,1-3H3. The Morgan fingerprint density at radius 2 is 2.08 bits per heavy atom. The fourth-order valence-electron chi connectivity index (χ4n) is 3.26. The van der Waals surface area contributed by atoms with Crippen LogP contribution in [0.15, 0.2) is 35.1 Å². The van der Waals surface area contributed by atoms with Gasteiger partial charge in [0.05, 0.1) is 5.69 Å². The van der Waals surface area contributed by atoms with Crippen molar-refractivity contribution in [2.24, 2.45) is 0 Å². The van der Waals surface area contributed by atoms with Gasteiger partial charge in [-0.05, 0) is 65.0 Å². The molecule has 3 rings (SSSR count). The lowest BCUT2D eigenvalue weighted by Gasteiger charge is -2.36. The molecule has 1 aliphatic rings. The number of amides is 1. The monoisotopic (exact) mass is 357 g/mol. The number of carbonyl (C=O) groups is 1.